The first-order chi connectivity index (χ1) is 13.9. The summed E-state index contributed by atoms with van der Waals surface area (Å²) in [6, 6.07) is 11.3. The third kappa shape index (κ3) is 3.51. The highest BCUT2D eigenvalue weighted by Gasteiger charge is 2.33. The van der Waals surface area contributed by atoms with Crippen molar-refractivity contribution >= 4 is 34.4 Å². The van der Waals surface area contributed by atoms with E-state index in [4.69, 9.17) is 11.6 Å². The highest BCUT2D eigenvalue weighted by molar-refractivity contribution is 6.30. The number of carboxylic acid groups (broad SMARTS) is 1. The van der Waals surface area contributed by atoms with Gasteiger partial charge in [-0.3, -0.25) is 14.2 Å². The van der Waals surface area contributed by atoms with Crippen LogP contribution in [0, 0.1) is 12.8 Å². The van der Waals surface area contributed by atoms with Gasteiger partial charge in [0.15, 0.2) is 0 Å². The van der Waals surface area contributed by atoms with Gasteiger partial charge in [-0.25, -0.2) is 0 Å². The monoisotopic (exact) mass is 411 g/mol. The van der Waals surface area contributed by atoms with E-state index in [0.29, 0.717) is 45.1 Å². The Balaban J connectivity index is 1.89. The summed E-state index contributed by atoms with van der Waals surface area (Å²) in [7, 11) is 0. The van der Waals surface area contributed by atoms with Crippen molar-refractivity contribution in [2.45, 2.75) is 38.5 Å². The summed E-state index contributed by atoms with van der Waals surface area (Å²) in [6.45, 7) is 1.77. The minimum Gasteiger partial charge on any atom is -0.508 e. The number of carbonyl (C=O) groups is 2. The van der Waals surface area contributed by atoms with Gasteiger partial charge in [0.1, 0.15) is 5.75 Å². The lowest BCUT2D eigenvalue weighted by Crippen LogP contribution is -2.21. The second kappa shape index (κ2) is 7.56. The zero-order valence-corrected chi connectivity index (χ0v) is 16.8. The number of carboxylic acids is 1. The number of hydrogen-bond acceptors (Lipinski definition) is 3. The molecule has 0 amide bonds. The molecule has 1 fully saturated rings. The predicted molar refractivity (Wildman–Crippen MR) is 112 cm³/mol. The zero-order chi connectivity index (χ0) is 20.7. The van der Waals surface area contributed by atoms with Crippen molar-refractivity contribution in [3.63, 3.8) is 0 Å². The number of aromatic hydroxyl groups is 1. The van der Waals surface area contributed by atoms with Gasteiger partial charge in [-0.15, -0.1) is 0 Å². The summed E-state index contributed by atoms with van der Waals surface area (Å²) in [5.74, 6) is -1.44. The van der Waals surface area contributed by atoms with Gasteiger partial charge >= 0.3 is 5.97 Å². The van der Waals surface area contributed by atoms with Gasteiger partial charge in [0.05, 0.1) is 11.4 Å². The van der Waals surface area contributed by atoms with Crippen molar-refractivity contribution in [3.8, 4) is 5.75 Å². The number of phenols is 1. The molecule has 0 saturated heterocycles. The van der Waals surface area contributed by atoms with Crippen LogP contribution in [-0.2, 0) is 4.79 Å². The second-order valence-corrected chi connectivity index (χ2v) is 8.21. The third-order valence-electron chi connectivity index (χ3n) is 5.97. The van der Waals surface area contributed by atoms with Gasteiger partial charge in [-0.2, -0.15) is 0 Å². The van der Waals surface area contributed by atoms with E-state index < -0.39 is 11.9 Å². The van der Waals surface area contributed by atoms with Gasteiger partial charge in [0.25, 0.3) is 5.91 Å². The lowest BCUT2D eigenvalue weighted by Gasteiger charge is -2.28. The highest BCUT2D eigenvalue weighted by Crippen LogP contribution is 2.41. The van der Waals surface area contributed by atoms with E-state index in [-0.39, 0.29) is 11.7 Å². The molecule has 4 rings (SSSR count). The highest BCUT2D eigenvalue weighted by atomic mass is 35.5. The molecule has 1 aromatic heterocycles. The molecule has 1 saturated carbocycles. The SMILES string of the molecule is Cc1c([C@H](CC2CCC2)C(=O)O)c2cc(O)ccc2n1C(=O)c1ccc(Cl)cc1. The van der Waals surface area contributed by atoms with Crippen LogP contribution in [0.15, 0.2) is 42.5 Å². The van der Waals surface area contributed by atoms with Gasteiger partial charge in [-0.05, 0) is 67.3 Å². The Morgan fingerprint density at radius 2 is 1.86 bits per heavy atom. The van der Waals surface area contributed by atoms with Crippen LogP contribution in [-0.4, -0.2) is 26.7 Å². The van der Waals surface area contributed by atoms with Crippen molar-refractivity contribution < 1.29 is 19.8 Å². The molecular weight excluding hydrogens is 390 g/mol. The number of nitrogens with zero attached hydrogens (tertiary/aromatic N) is 1. The largest absolute Gasteiger partial charge is 0.508 e. The fraction of sp³-hybridized carbons (Fsp3) is 0.304. The molecule has 0 radical (unpaired) electrons. The molecular formula is C23H22ClNO4. The zero-order valence-electron chi connectivity index (χ0n) is 16.1. The molecule has 0 bridgehead atoms. The molecule has 5 nitrogen and oxygen atoms in total. The molecule has 0 spiro atoms. The number of hydrogen-bond donors (Lipinski definition) is 2. The maximum absolute atomic E-state index is 13.3. The fourth-order valence-electron chi connectivity index (χ4n) is 4.26. The lowest BCUT2D eigenvalue weighted by atomic mass is 9.77. The normalized spacial score (nSPS) is 15.2. The third-order valence-corrected chi connectivity index (χ3v) is 6.22. The van der Waals surface area contributed by atoms with Gasteiger partial charge in [0, 0.05) is 21.7 Å². The summed E-state index contributed by atoms with van der Waals surface area (Å²) < 4.78 is 1.55. The summed E-state index contributed by atoms with van der Waals surface area (Å²) >= 11 is 5.94. The van der Waals surface area contributed by atoms with Gasteiger partial charge in [-0.1, -0.05) is 30.9 Å². The minimum absolute atomic E-state index is 0.0441. The van der Waals surface area contributed by atoms with Crippen molar-refractivity contribution in [2.24, 2.45) is 5.92 Å². The average molecular weight is 412 g/mol. The first kappa shape index (κ1) is 19.5. The van der Waals surface area contributed by atoms with Crippen molar-refractivity contribution in [1.82, 2.24) is 4.57 Å². The molecule has 0 unspecified atom stereocenters. The quantitative estimate of drug-likeness (QED) is 0.592. The minimum atomic E-state index is -0.902. The van der Waals surface area contributed by atoms with E-state index in [1.807, 2.05) is 0 Å². The number of halogens is 1. The van der Waals surface area contributed by atoms with Crippen LogP contribution < -0.4 is 0 Å². The molecule has 1 heterocycles. The molecule has 2 N–H and O–H groups in total. The summed E-state index contributed by atoms with van der Waals surface area (Å²) in [5.41, 5.74) is 2.25. The Kier molecular flexibility index (Phi) is 5.09. The Labute approximate surface area is 173 Å². The maximum atomic E-state index is 13.3. The number of phenolic OH excluding ortho intramolecular Hbond substituents is 1. The first-order valence-corrected chi connectivity index (χ1v) is 10.1. The van der Waals surface area contributed by atoms with Crippen molar-refractivity contribution in [1.29, 1.82) is 0 Å². The van der Waals surface area contributed by atoms with Gasteiger partial charge < -0.3 is 10.2 Å². The first-order valence-electron chi connectivity index (χ1n) is 9.74. The Morgan fingerprint density at radius 3 is 2.45 bits per heavy atom. The summed E-state index contributed by atoms with van der Waals surface area (Å²) in [5, 5.41) is 21.2. The van der Waals surface area contributed by atoms with E-state index in [1.165, 1.54) is 6.07 Å². The molecule has 0 aliphatic heterocycles. The molecule has 3 aromatic rings. The summed E-state index contributed by atoms with van der Waals surface area (Å²) in [4.78, 5) is 25.5. The Morgan fingerprint density at radius 1 is 1.17 bits per heavy atom. The molecule has 29 heavy (non-hydrogen) atoms. The number of aliphatic carboxylic acids is 1. The van der Waals surface area contributed by atoms with Crippen LogP contribution in [0.25, 0.3) is 10.9 Å². The van der Waals surface area contributed by atoms with E-state index in [1.54, 1.807) is 47.9 Å². The van der Waals surface area contributed by atoms with Crippen molar-refractivity contribution in [3.05, 3.63) is 64.3 Å². The molecule has 1 atom stereocenters. The Hall–Kier alpha value is -2.79. The molecule has 6 heteroatoms. The second-order valence-electron chi connectivity index (χ2n) is 7.77. The average Bonchev–Trinajstić information content (AvgIpc) is 2.92. The van der Waals surface area contributed by atoms with Gasteiger partial charge in [0.2, 0.25) is 0 Å². The van der Waals surface area contributed by atoms with E-state index in [2.05, 4.69) is 0 Å². The van der Waals surface area contributed by atoms with Crippen LogP contribution in [0.4, 0.5) is 0 Å². The van der Waals surface area contributed by atoms with Crippen LogP contribution in [0.5, 0.6) is 5.75 Å². The molecule has 150 valence electrons. The maximum Gasteiger partial charge on any atom is 0.311 e. The van der Waals surface area contributed by atoms with Crippen molar-refractivity contribution in [2.75, 3.05) is 0 Å². The topological polar surface area (TPSA) is 79.5 Å². The number of benzene rings is 2. The van der Waals surface area contributed by atoms with Crippen LogP contribution in [0.3, 0.4) is 0 Å². The smallest absolute Gasteiger partial charge is 0.311 e. The van der Waals surface area contributed by atoms with E-state index in [9.17, 15) is 19.8 Å². The van der Waals surface area contributed by atoms with E-state index in [0.717, 1.165) is 19.3 Å². The predicted octanol–water partition coefficient (Wildman–Crippen LogP) is 5.36. The van der Waals surface area contributed by atoms with E-state index >= 15 is 0 Å². The molecule has 1 aliphatic carbocycles. The standard InChI is InChI=1S/C23H22ClNO4/c1-13-21(19(23(28)29)11-14-3-2-4-14)18-12-17(26)9-10-20(18)25(13)22(27)15-5-7-16(24)8-6-15/h5-10,12,14,19,26H,2-4,11H2,1H3,(H,28,29)/t19-/m0/s1. The number of rotatable bonds is 5. The molecule has 2 aromatic carbocycles. The summed E-state index contributed by atoms with van der Waals surface area (Å²) in [6.07, 6.45) is 3.75. The number of aromatic nitrogens is 1. The molecule has 1 aliphatic rings. The number of fused-ring (bicyclic) bond motifs is 1. The number of carbonyl (C=O) groups excluding carboxylic acids is 1. The van der Waals surface area contributed by atoms with Crippen LogP contribution >= 0.6 is 11.6 Å². The fourth-order valence-corrected chi connectivity index (χ4v) is 4.38. The van der Waals surface area contributed by atoms with Crippen LogP contribution in [0.2, 0.25) is 5.02 Å². The van der Waals surface area contributed by atoms with Crippen LogP contribution in [0.1, 0.15) is 53.2 Å². The Bertz CT molecular complexity index is 1100. The lowest BCUT2D eigenvalue weighted by molar-refractivity contribution is -0.139.